The fourth-order valence-corrected chi connectivity index (χ4v) is 4.83. The molecule has 2 fully saturated rings. The number of rotatable bonds is 4. The molecule has 0 aromatic heterocycles. The van der Waals surface area contributed by atoms with E-state index < -0.39 is 22.6 Å². The second-order valence-electron chi connectivity index (χ2n) is 8.62. The summed E-state index contributed by atoms with van der Waals surface area (Å²) < 4.78 is 10.8. The largest absolute Gasteiger partial charge is 0.450 e. The number of carbonyl (C=O) groups is 3. The van der Waals surface area contributed by atoms with E-state index in [4.69, 9.17) is 9.47 Å². The summed E-state index contributed by atoms with van der Waals surface area (Å²) in [6.45, 7) is 6.35. The molecular weight excluding hydrogens is 444 g/mol. The number of piperazine rings is 1. The predicted octanol–water partition coefficient (Wildman–Crippen LogP) is 2.11. The third kappa shape index (κ3) is 4.29. The minimum atomic E-state index is -1.02. The molecule has 34 heavy (non-hydrogen) atoms. The Morgan fingerprint density at radius 3 is 2.24 bits per heavy atom. The molecule has 0 saturated carbocycles. The van der Waals surface area contributed by atoms with Gasteiger partial charge in [-0.05, 0) is 26.0 Å². The van der Waals surface area contributed by atoms with Crippen molar-refractivity contribution >= 4 is 29.3 Å². The van der Waals surface area contributed by atoms with Gasteiger partial charge in [-0.2, -0.15) is 0 Å². The molecule has 0 bridgehead atoms. The number of likely N-dealkylation sites (tertiary alicyclic amines) is 1. The van der Waals surface area contributed by atoms with Gasteiger partial charge in [0.15, 0.2) is 0 Å². The van der Waals surface area contributed by atoms with Crippen LogP contribution in [0.3, 0.4) is 0 Å². The van der Waals surface area contributed by atoms with Crippen molar-refractivity contribution in [3.63, 3.8) is 0 Å². The van der Waals surface area contributed by atoms with Gasteiger partial charge in [0.05, 0.1) is 17.1 Å². The van der Waals surface area contributed by atoms with Crippen LogP contribution in [0.4, 0.5) is 16.2 Å². The lowest BCUT2D eigenvalue weighted by Gasteiger charge is -2.41. The first kappa shape index (κ1) is 23.5. The maximum Gasteiger partial charge on any atom is 0.409 e. The van der Waals surface area contributed by atoms with Crippen LogP contribution in [0.25, 0.3) is 0 Å². The number of nitro benzene ring substituents is 1. The molecule has 2 saturated heterocycles. The average molecular weight is 472 g/mol. The number of amides is 2. The summed E-state index contributed by atoms with van der Waals surface area (Å²) in [5, 5.41) is 10.9. The zero-order chi connectivity index (χ0) is 24.5. The van der Waals surface area contributed by atoms with Gasteiger partial charge < -0.3 is 24.2 Å². The Labute approximate surface area is 197 Å². The molecule has 0 unspecified atom stereocenters. The molecular formula is C23H28N4O7. The predicted molar refractivity (Wildman–Crippen MR) is 121 cm³/mol. The van der Waals surface area contributed by atoms with E-state index in [2.05, 4.69) is 4.90 Å². The standard InChI is InChI=1S/C23H28N4O7/c1-3-33-22(30)26-10-8-23(9-11-26)19(16(2)21(29)34-23)20(28)25-14-12-24(13-15-25)17-4-6-18(7-5-17)27(31)32/h4-7H,3,8-15H2,1-2H3. The second kappa shape index (κ2) is 9.32. The first-order chi connectivity index (χ1) is 16.3. The van der Waals surface area contributed by atoms with Crippen LogP contribution in [-0.4, -0.2) is 84.2 Å². The Bertz CT molecular complexity index is 1020. The Hall–Kier alpha value is -3.63. The summed E-state index contributed by atoms with van der Waals surface area (Å²) >= 11 is 0. The third-order valence-electron chi connectivity index (χ3n) is 6.73. The number of anilines is 1. The van der Waals surface area contributed by atoms with Crippen LogP contribution in [0, 0.1) is 10.1 Å². The van der Waals surface area contributed by atoms with Crippen molar-refractivity contribution < 1.29 is 28.8 Å². The van der Waals surface area contributed by atoms with Gasteiger partial charge in [-0.15, -0.1) is 0 Å². The lowest BCUT2D eigenvalue weighted by atomic mass is 9.82. The molecule has 3 aliphatic rings. The number of nitro groups is 1. The van der Waals surface area contributed by atoms with E-state index in [0.717, 1.165) is 5.69 Å². The number of hydrogen-bond donors (Lipinski definition) is 0. The topological polar surface area (TPSA) is 123 Å². The van der Waals surface area contributed by atoms with Gasteiger partial charge in [0.2, 0.25) is 0 Å². The molecule has 0 radical (unpaired) electrons. The van der Waals surface area contributed by atoms with Crippen LogP contribution in [0.1, 0.15) is 26.7 Å². The maximum atomic E-state index is 13.5. The number of ether oxygens (including phenoxy) is 2. The van der Waals surface area contributed by atoms with E-state index in [0.29, 0.717) is 63.3 Å². The third-order valence-corrected chi connectivity index (χ3v) is 6.73. The number of carbonyl (C=O) groups excluding carboxylic acids is 3. The summed E-state index contributed by atoms with van der Waals surface area (Å²) in [4.78, 5) is 53.9. The van der Waals surface area contributed by atoms with E-state index in [9.17, 15) is 24.5 Å². The van der Waals surface area contributed by atoms with Gasteiger partial charge in [-0.1, -0.05) is 0 Å². The summed E-state index contributed by atoms with van der Waals surface area (Å²) in [7, 11) is 0. The Morgan fingerprint density at radius 2 is 1.68 bits per heavy atom. The van der Waals surface area contributed by atoms with Gasteiger partial charge in [0, 0.05) is 75.5 Å². The molecule has 0 atom stereocenters. The SMILES string of the molecule is CCOC(=O)N1CCC2(CC1)OC(=O)C(C)=C2C(=O)N1CCN(c2ccc([N+](=O)[O-])cc2)CC1. The number of benzene rings is 1. The normalized spacial score (nSPS) is 19.9. The Balaban J connectivity index is 1.43. The second-order valence-corrected chi connectivity index (χ2v) is 8.62. The van der Waals surface area contributed by atoms with E-state index in [-0.39, 0.29) is 18.2 Å². The van der Waals surface area contributed by atoms with Crippen LogP contribution < -0.4 is 4.90 Å². The van der Waals surface area contributed by atoms with Gasteiger partial charge in [0.25, 0.3) is 11.6 Å². The van der Waals surface area contributed by atoms with Crippen molar-refractivity contribution in [3.8, 4) is 0 Å². The number of non-ortho nitro benzene ring substituents is 1. The van der Waals surface area contributed by atoms with E-state index in [1.807, 2.05) is 0 Å². The lowest BCUT2D eigenvalue weighted by molar-refractivity contribution is -0.384. The number of piperidine rings is 1. The monoisotopic (exact) mass is 472 g/mol. The molecule has 3 aliphatic heterocycles. The number of esters is 1. The van der Waals surface area contributed by atoms with Crippen molar-refractivity contribution in [3.05, 3.63) is 45.5 Å². The highest BCUT2D eigenvalue weighted by atomic mass is 16.6. The minimum Gasteiger partial charge on any atom is -0.450 e. The zero-order valence-electron chi connectivity index (χ0n) is 19.3. The summed E-state index contributed by atoms with van der Waals surface area (Å²) in [6, 6.07) is 6.35. The molecule has 1 aromatic carbocycles. The first-order valence-electron chi connectivity index (χ1n) is 11.4. The van der Waals surface area contributed by atoms with Crippen molar-refractivity contribution in [2.75, 3.05) is 50.8 Å². The van der Waals surface area contributed by atoms with Gasteiger partial charge in [-0.25, -0.2) is 9.59 Å². The fourth-order valence-electron chi connectivity index (χ4n) is 4.83. The summed E-state index contributed by atoms with van der Waals surface area (Å²) in [5.74, 6) is -0.700. The molecule has 2 amide bonds. The van der Waals surface area contributed by atoms with Crippen molar-refractivity contribution in [1.82, 2.24) is 9.80 Å². The molecule has 182 valence electrons. The molecule has 1 spiro atoms. The maximum absolute atomic E-state index is 13.5. The molecule has 11 heteroatoms. The van der Waals surface area contributed by atoms with Gasteiger partial charge in [-0.3, -0.25) is 14.9 Å². The van der Waals surface area contributed by atoms with Crippen LogP contribution in [0.2, 0.25) is 0 Å². The molecule has 1 aromatic rings. The van der Waals surface area contributed by atoms with Crippen molar-refractivity contribution in [1.29, 1.82) is 0 Å². The Kier molecular flexibility index (Phi) is 6.45. The van der Waals surface area contributed by atoms with Crippen LogP contribution in [-0.2, 0) is 19.1 Å². The molecule has 0 aliphatic carbocycles. The minimum absolute atomic E-state index is 0.0326. The fraction of sp³-hybridized carbons (Fsp3) is 0.522. The van der Waals surface area contributed by atoms with Gasteiger partial charge in [0.1, 0.15) is 5.60 Å². The summed E-state index contributed by atoms with van der Waals surface area (Å²) in [6.07, 6.45) is 0.287. The van der Waals surface area contributed by atoms with E-state index in [1.54, 1.807) is 35.8 Å². The quantitative estimate of drug-likeness (QED) is 0.371. The summed E-state index contributed by atoms with van der Waals surface area (Å²) in [5.41, 5.74) is 0.592. The van der Waals surface area contributed by atoms with Gasteiger partial charge >= 0.3 is 12.1 Å². The molecule has 4 rings (SSSR count). The lowest BCUT2D eigenvalue weighted by Crippen LogP contribution is -2.54. The van der Waals surface area contributed by atoms with E-state index >= 15 is 0 Å². The molecule has 0 N–H and O–H groups in total. The van der Waals surface area contributed by atoms with Crippen LogP contribution in [0.15, 0.2) is 35.4 Å². The highest BCUT2D eigenvalue weighted by Crippen LogP contribution is 2.42. The first-order valence-corrected chi connectivity index (χ1v) is 11.4. The highest BCUT2D eigenvalue weighted by molar-refractivity contribution is 6.07. The number of hydrogen-bond acceptors (Lipinski definition) is 8. The van der Waals surface area contributed by atoms with Crippen LogP contribution in [0.5, 0.6) is 0 Å². The van der Waals surface area contributed by atoms with Crippen molar-refractivity contribution in [2.45, 2.75) is 32.3 Å². The highest BCUT2D eigenvalue weighted by Gasteiger charge is 2.52. The number of nitrogens with zero attached hydrogens (tertiary/aromatic N) is 4. The smallest absolute Gasteiger partial charge is 0.409 e. The van der Waals surface area contributed by atoms with E-state index in [1.165, 1.54) is 12.1 Å². The van der Waals surface area contributed by atoms with Crippen molar-refractivity contribution in [2.24, 2.45) is 0 Å². The average Bonchev–Trinajstić information content (AvgIpc) is 3.08. The zero-order valence-corrected chi connectivity index (χ0v) is 19.3. The molecule has 3 heterocycles. The Morgan fingerprint density at radius 1 is 1.06 bits per heavy atom. The van der Waals surface area contributed by atoms with Crippen LogP contribution >= 0.6 is 0 Å². The molecule has 11 nitrogen and oxygen atoms in total.